The van der Waals surface area contributed by atoms with Gasteiger partial charge in [-0.15, -0.1) is 0 Å². The predicted octanol–water partition coefficient (Wildman–Crippen LogP) is 24.3. The minimum Gasteiger partial charge on any atom is -0.462 e. The topological polar surface area (TPSA) is 78.9 Å². The number of ether oxygens (including phenoxy) is 3. The summed E-state index contributed by atoms with van der Waals surface area (Å²) in [6, 6.07) is 0. The maximum atomic E-state index is 13.0. The Kier molecular flexibility index (Phi) is 66.7. The summed E-state index contributed by atoms with van der Waals surface area (Å²) >= 11 is 0. The van der Waals surface area contributed by atoms with Gasteiger partial charge in [0.05, 0.1) is 0 Å². The average Bonchev–Trinajstić information content (AvgIpc) is 3.49. The lowest BCUT2D eigenvalue weighted by molar-refractivity contribution is -0.167. The molecule has 1 unspecified atom stereocenters. The van der Waals surface area contributed by atoms with E-state index in [0.29, 0.717) is 19.3 Å². The molecule has 6 nitrogen and oxygen atoms in total. The molecule has 0 aromatic carbocycles. The second kappa shape index (κ2) is 70.3. The molecule has 0 radical (unpaired) electrons. The minimum atomic E-state index is -0.792. The molecule has 0 amide bonds. The summed E-state index contributed by atoms with van der Waals surface area (Å²) in [7, 11) is 0. The summed E-state index contributed by atoms with van der Waals surface area (Å²) in [5.74, 6) is -0.892. The summed E-state index contributed by atoms with van der Waals surface area (Å²) < 4.78 is 17.0. The van der Waals surface area contributed by atoms with Crippen LogP contribution in [-0.4, -0.2) is 37.2 Å². The highest BCUT2D eigenvalue weighted by atomic mass is 16.6. The number of unbranched alkanes of at least 4 members (excludes halogenated alkanes) is 32. The van der Waals surface area contributed by atoms with Crippen LogP contribution in [-0.2, 0) is 28.6 Å². The van der Waals surface area contributed by atoms with Crippen molar-refractivity contribution in [2.45, 2.75) is 335 Å². The molecule has 0 spiro atoms. The van der Waals surface area contributed by atoms with Crippen LogP contribution in [0.3, 0.4) is 0 Å². The van der Waals surface area contributed by atoms with Crippen molar-refractivity contribution in [3.05, 3.63) is 122 Å². The van der Waals surface area contributed by atoms with Gasteiger partial charge in [-0.2, -0.15) is 0 Å². The summed E-state index contributed by atoms with van der Waals surface area (Å²) in [5, 5.41) is 0. The smallest absolute Gasteiger partial charge is 0.306 e. The molecule has 0 aliphatic rings. The van der Waals surface area contributed by atoms with E-state index >= 15 is 0 Å². The Morgan fingerprint density at radius 2 is 0.470 bits per heavy atom. The van der Waals surface area contributed by atoms with E-state index in [1.165, 1.54) is 148 Å². The van der Waals surface area contributed by atoms with Crippen LogP contribution in [0.25, 0.3) is 0 Å². The zero-order chi connectivity index (χ0) is 59.9. The van der Waals surface area contributed by atoms with Gasteiger partial charge in [-0.1, -0.05) is 322 Å². The maximum absolute atomic E-state index is 13.0. The van der Waals surface area contributed by atoms with Gasteiger partial charge in [-0.05, 0) is 109 Å². The highest BCUT2D eigenvalue weighted by Crippen LogP contribution is 2.17. The molecule has 0 aliphatic carbocycles. The van der Waals surface area contributed by atoms with E-state index in [1.54, 1.807) is 0 Å². The van der Waals surface area contributed by atoms with Crippen molar-refractivity contribution in [2.24, 2.45) is 0 Å². The van der Waals surface area contributed by atoms with E-state index in [1.807, 2.05) is 0 Å². The number of carbonyl (C=O) groups is 3. The van der Waals surface area contributed by atoms with Crippen LogP contribution >= 0.6 is 0 Å². The maximum Gasteiger partial charge on any atom is 0.306 e. The zero-order valence-electron chi connectivity index (χ0n) is 54.4. The van der Waals surface area contributed by atoms with Gasteiger partial charge in [0.25, 0.3) is 0 Å². The summed E-state index contributed by atoms with van der Waals surface area (Å²) in [6.45, 7) is 6.43. The third-order valence-electron chi connectivity index (χ3n) is 15.0. The highest BCUT2D eigenvalue weighted by molar-refractivity contribution is 5.71. The fraction of sp³-hybridized carbons (Fsp3) is 0.701. The molecule has 0 saturated heterocycles. The van der Waals surface area contributed by atoms with Crippen LogP contribution in [0.4, 0.5) is 0 Å². The molecule has 0 bridgehead atoms. The van der Waals surface area contributed by atoms with Gasteiger partial charge < -0.3 is 14.2 Å². The van der Waals surface area contributed by atoms with Gasteiger partial charge >= 0.3 is 17.9 Å². The van der Waals surface area contributed by atoms with Crippen LogP contribution < -0.4 is 0 Å². The van der Waals surface area contributed by atoms with Crippen molar-refractivity contribution < 1.29 is 28.6 Å². The van der Waals surface area contributed by atoms with Crippen molar-refractivity contribution >= 4 is 17.9 Å². The van der Waals surface area contributed by atoms with Gasteiger partial charge in [0, 0.05) is 19.3 Å². The molecule has 0 saturated carbocycles. The average molecular weight is 1150 g/mol. The van der Waals surface area contributed by atoms with Crippen LogP contribution in [0.15, 0.2) is 122 Å². The zero-order valence-corrected chi connectivity index (χ0v) is 54.4. The highest BCUT2D eigenvalue weighted by Gasteiger charge is 2.19. The molecule has 0 aliphatic heterocycles. The number of carbonyl (C=O) groups excluding carboxylic acids is 3. The van der Waals surface area contributed by atoms with Crippen LogP contribution in [0.1, 0.15) is 329 Å². The molecule has 0 aromatic heterocycles. The quantitative estimate of drug-likeness (QED) is 0.0261. The van der Waals surface area contributed by atoms with Crippen molar-refractivity contribution in [2.75, 3.05) is 13.2 Å². The van der Waals surface area contributed by atoms with Gasteiger partial charge in [-0.3, -0.25) is 14.4 Å². The van der Waals surface area contributed by atoms with E-state index in [4.69, 9.17) is 14.2 Å². The molecular formula is C77H130O6. The monoisotopic (exact) mass is 1150 g/mol. The van der Waals surface area contributed by atoms with Gasteiger partial charge in [-0.25, -0.2) is 0 Å². The van der Waals surface area contributed by atoms with Crippen LogP contribution in [0.2, 0.25) is 0 Å². The number of hydrogen-bond donors (Lipinski definition) is 0. The van der Waals surface area contributed by atoms with E-state index in [0.717, 1.165) is 141 Å². The van der Waals surface area contributed by atoms with E-state index < -0.39 is 6.10 Å². The van der Waals surface area contributed by atoms with Gasteiger partial charge in [0.15, 0.2) is 6.10 Å². The second-order valence-electron chi connectivity index (χ2n) is 23.0. The Morgan fingerprint density at radius 3 is 0.735 bits per heavy atom. The SMILES string of the molecule is CC/C=C\C/C=C\C/C=C\C/C=C\C/C=C\CCCCCCCCCCCCCCCC(=O)OCC(COC(=O)CCCCCCCCCCCCCCCCC)OC(=O)CCCCCCC/C=C\C/C=C\C/C=C\C/C=C\C/C=C\CC. The number of esters is 3. The third-order valence-corrected chi connectivity index (χ3v) is 15.0. The van der Waals surface area contributed by atoms with Crippen LogP contribution in [0, 0.1) is 0 Å². The first-order chi connectivity index (χ1) is 41.0. The van der Waals surface area contributed by atoms with Crippen molar-refractivity contribution in [1.29, 1.82) is 0 Å². The van der Waals surface area contributed by atoms with Crippen LogP contribution in [0.5, 0.6) is 0 Å². The predicted molar refractivity (Wildman–Crippen MR) is 362 cm³/mol. The molecule has 83 heavy (non-hydrogen) atoms. The standard InChI is InChI=1S/C77H130O6/c1-4-7-10-13-16-19-22-25-28-30-32-34-35-36-37-38-39-40-41-43-44-46-49-52-55-58-61-64-67-70-76(79)82-73-74(72-81-75(78)69-66-63-60-57-54-51-48-27-24-21-18-15-12-9-6-3)83-77(80)71-68-65-62-59-56-53-50-47-45-42-33-31-29-26-23-20-17-14-11-8-5-2/h7-8,10-11,16-17,19-20,25-26,28-29,32-34,36-37,42,47,50,74H,4-6,9,12-15,18,21-24,27,30-31,35,38-41,43-46,48-49,51-73H2,1-3H3/b10-7-,11-8-,19-16-,20-17-,28-25-,29-26-,34-32-,37-36-,42-33-,50-47-. The number of rotatable bonds is 63. The Hall–Kier alpha value is -4.19. The fourth-order valence-electron chi connectivity index (χ4n) is 9.79. The summed E-state index contributed by atoms with van der Waals surface area (Å²) in [4.78, 5) is 38.5. The molecule has 474 valence electrons. The Bertz CT molecular complexity index is 1700. The molecule has 0 N–H and O–H groups in total. The first-order valence-corrected chi connectivity index (χ1v) is 35.0. The minimum absolute atomic E-state index is 0.0845. The third kappa shape index (κ3) is 68.5. The van der Waals surface area contributed by atoms with E-state index in [-0.39, 0.29) is 31.1 Å². The second-order valence-corrected chi connectivity index (χ2v) is 23.0. The molecule has 0 heterocycles. The normalized spacial score (nSPS) is 12.9. The molecule has 0 aromatic rings. The van der Waals surface area contributed by atoms with E-state index in [2.05, 4.69) is 142 Å². The molecule has 0 fully saturated rings. The first kappa shape index (κ1) is 78.8. The fourth-order valence-corrected chi connectivity index (χ4v) is 9.79. The van der Waals surface area contributed by atoms with Gasteiger partial charge in [0.1, 0.15) is 13.2 Å². The Balaban J connectivity index is 4.34. The molecule has 6 heteroatoms. The first-order valence-electron chi connectivity index (χ1n) is 35.0. The number of hydrogen-bond acceptors (Lipinski definition) is 6. The lowest BCUT2D eigenvalue weighted by Gasteiger charge is -2.18. The van der Waals surface area contributed by atoms with E-state index in [9.17, 15) is 14.4 Å². The lowest BCUT2D eigenvalue weighted by Crippen LogP contribution is -2.30. The lowest BCUT2D eigenvalue weighted by atomic mass is 10.0. The van der Waals surface area contributed by atoms with Crippen molar-refractivity contribution in [3.8, 4) is 0 Å². The molecule has 1 atom stereocenters. The Labute approximate surface area is 513 Å². The van der Waals surface area contributed by atoms with Crippen molar-refractivity contribution in [3.63, 3.8) is 0 Å². The Morgan fingerprint density at radius 1 is 0.253 bits per heavy atom. The molecule has 0 rings (SSSR count). The van der Waals surface area contributed by atoms with Gasteiger partial charge in [0.2, 0.25) is 0 Å². The largest absolute Gasteiger partial charge is 0.462 e. The number of allylic oxidation sites excluding steroid dienone is 20. The van der Waals surface area contributed by atoms with Crippen molar-refractivity contribution in [1.82, 2.24) is 0 Å². The summed E-state index contributed by atoms with van der Waals surface area (Å²) in [5.41, 5.74) is 0. The summed E-state index contributed by atoms with van der Waals surface area (Å²) in [6.07, 6.45) is 97.9. The molecular weight excluding hydrogens is 1020 g/mol.